The standard InChI is InChI=1S/C12H9Br2NO4S/c1-19-20(17,18)10-5-3-2-4-7(10)11(16)9-6-8(13)12(14)15-9/h2-6,15H,1H3. The maximum atomic E-state index is 12.4. The summed E-state index contributed by atoms with van der Waals surface area (Å²) in [5.41, 5.74) is 0.318. The number of halogens is 2. The lowest BCUT2D eigenvalue weighted by Crippen LogP contribution is -2.11. The maximum Gasteiger partial charge on any atom is 0.297 e. The molecule has 0 aliphatic rings. The topological polar surface area (TPSA) is 76.2 Å². The van der Waals surface area contributed by atoms with E-state index in [9.17, 15) is 13.2 Å². The van der Waals surface area contributed by atoms with Crippen molar-refractivity contribution < 1.29 is 17.4 Å². The fraction of sp³-hybridized carbons (Fsp3) is 0.0833. The number of nitrogens with one attached hydrogen (secondary N) is 1. The molecule has 0 unspecified atom stereocenters. The van der Waals surface area contributed by atoms with Gasteiger partial charge in [0.25, 0.3) is 10.1 Å². The number of carbonyl (C=O) groups is 1. The second-order valence-corrected chi connectivity index (χ2v) is 7.12. The molecule has 1 heterocycles. The molecular weight excluding hydrogens is 414 g/mol. The minimum atomic E-state index is -3.94. The molecule has 1 aromatic heterocycles. The van der Waals surface area contributed by atoms with Crippen molar-refractivity contribution in [2.24, 2.45) is 0 Å². The zero-order chi connectivity index (χ0) is 14.9. The fourth-order valence-electron chi connectivity index (χ4n) is 1.63. The lowest BCUT2D eigenvalue weighted by molar-refractivity contribution is 0.103. The van der Waals surface area contributed by atoms with Crippen molar-refractivity contribution in [1.82, 2.24) is 4.98 Å². The van der Waals surface area contributed by atoms with Gasteiger partial charge in [-0.2, -0.15) is 8.42 Å². The third-order valence-corrected chi connectivity index (χ3v) is 5.71. The SMILES string of the molecule is COS(=O)(=O)c1ccccc1C(=O)c1cc(Br)c(Br)[nH]1. The van der Waals surface area contributed by atoms with Gasteiger partial charge in [0.2, 0.25) is 5.78 Å². The van der Waals surface area contributed by atoms with E-state index < -0.39 is 15.9 Å². The normalized spacial score (nSPS) is 11.6. The summed E-state index contributed by atoms with van der Waals surface area (Å²) in [6, 6.07) is 7.47. The Labute approximate surface area is 132 Å². The van der Waals surface area contributed by atoms with Crippen LogP contribution in [-0.2, 0) is 14.3 Å². The highest BCUT2D eigenvalue weighted by atomic mass is 79.9. The molecule has 0 bridgehead atoms. The number of rotatable bonds is 4. The van der Waals surface area contributed by atoms with Gasteiger partial charge in [-0.15, -0.1) is 0 Å². The summed E-state index contributed by atoms with van der Waals surface area (Å²) in [6.45, 7) is 0. The monoisotopic (exact) mass is 421 g/mol. The minimum absolute atomic E-state index is 0.0515. The van der Waals surface area contributed by atoms with E-state index in [-0.39, 0.29) is 16.2 Å². The van der Waals surface area contributed by atoms with Crippen LogP contribution >= 0.6 is 31.9 Å². The molecule has 0 amide bonds. The largest absolute Gasteiger partial charge is 0.346 e. The zero-order valence-electron chi connectivity index (χ0n) is 10.2. The quantitative estimate of drug-likeness (QED) is 0.606. The van der Waals surface area contributed by atoms with Gasteiger partial charge >= 0.3 is 0 Å². The summed E-state index contributed by atoms with van der Waals surface area (Å²) < 4.78 is 29.4. The summed E-state index contributed by atoms with van der Waals surface area (Å²) in [7, 11) is -2.89. The average Bonchev–Trinajstić information content (AvgIpc) is 2.78. The molecule has 0 saturated carbocycles. The Morgan fingerprint density at radius 3 is 2.45 bits per heavy atom. The van der Waals surface area contributed by atoms with E-state index in [1.54, 1.807) is 12.1 Å². The van der Waals surface area contributed by atoms with Crippen LogP contribution in [0.2, 0.25) is 0 Å². The molecule has 0 atom stereocenters. The Balaban J connectivity index is 2.56. The second kappa shape index (κ2) is 5.80. The molecule has 8 heteroatoms. The van der Waals surface area contributed by atoms with Crippen molar-refractivity contribution >= 4 is 47.8 Å². The van der Waals surface area contributed by atoms with Crippen molar-refractivity contribution in [3.63, 3.8) is 0 Å². The van der Waals surface area contributed by atoms with Gasteiger partial charge in [0.1, 0.15) is 4.90 Å². The highest BCUT2D eigenvalue weighted by molar-refractivity contribution is 9.13. The maximum absolute atomic E-state index is 12.4. The molecule has 0 aliphatic carbocycles. The van der Waals surface area contributed by atoms with Crippen LogP contribution in [0, 0.1) is 0 Å². The van der Waals surface area contributed by atoms with Gasteiger partial charge in [0.05, 0.1) is 21.9 Å². The molecule has 0 radical (unpaired) electrons. The highest BCUT2D eigenvalue weighted by Gasteiger charge is 2.23. The Bertz CT molecular complexity index is 748. The predicted octanol–water partition coefficient (Wildman–Crippen LogP) is 3.11. The predicted molar refractivity (Wildman–Crippen MR) is 80.3 cm³/mol. The number of hydrogen-bond donors (Lipinski definition) is 1. The van der Waals surface area contributed by atoms with Crippen LogP contribution in [0.15, 0.2) is 44.3 Å². The van der Waals surface area contributed by atoms with E-state index >= 15 is 0 Å². The van der Waals surface area contributed by atoms with E-state index in [1.807, 2.05) is 0 Å². The molecule has 0 fully saturated rings. The van der Waals surface area contributed by atoms with Gasteiger partial charge in [0.15, 0.2) is 0 Å². The summed E-state index contributed by atoms with van der Waals surface area (Å²) in [5.74, 6) is -0.437. The summed E-state index contributed by atoms with van der Waals surface area (Å²) in [4.78, 5) is 15.1. The molecular formula is C12H9Br2NO4S. The number of benzene rings is 1. The van der Waals surface area contributed by atoms with Gasteiger partial charge in [-0.1, -0.05) is 12.1 Å². The third-order valence-electron chi connectivity index (χ3n) is 2.59. The van der Waals surface area contributed by atoms with Gasteiger partial charge < -0.3 is 4.98 Å². The highest BCUT2D eigenvalue weighted by Crippen LogP contribution is 2.26. The Morgan fingerprint density at radius 2 is 1.90 bits per heavy atom. The van der Waals surface area contributed by atoms with Gasteiger partial charge in [-0.25, -0.2) is 0 Å². The minimum Gasteiger partial charge on any atom is -0.346 e. The Kier molecular flexibility index (Phi) is 4.48. The van der Waals surface area contributed by atoms with E-state index in [2.05, 4.69) is 41.0 Å². The van der Waals surface area contributed by atoms with E-state index in [0.29, 0.717) is 9.08 Å². The van der Waals surface area contributed by atoms with Crippen LogP contribution in [0.5, 0.6) is 0 Å². The van der Waals surface area contributed by atoms with E-state index in [1.165, 1.54) is 18.2 Å². The van der Waals surface area contributed by atoms with Crippen molar-refractivity contribution in [1.29, 1.82) is 0 Å². The number of carbonyl (C=O) groups excluding carboxylic acids is 1. The van der Waals surface area contributed by atoms with Crippen molar-refractivity contribution in [3.05, 3.63) is 50.7 Å². The summed E-state index contributed by atoms with van der Waals surface area (Å²) >= 11 is 6.49. The Hall–Kier alpha value is -0.960. The summed E-state index contributed by atoms with van der Waals surface area (Å²) in [5, 5.41) is 0. The average molecular weight is 423 g/mol. The van der Waals surface area contributed by atoms with Crippen molar-refractivity contribution in [2.45, 2.75) is 4.90 Å². The van der Waals surface area contributed by atoms with Crippen LogP contribution in [0.25, 0.3) is 0 Å². The van der Waals surface area contributed by atoms with Crippen LogP contribution in [0.1, 0.15) is 16.1 Å². The number of H-pyrrole nitrogens is 1. The third kappa shape index (κ3) is 2.88. The lowest BCUT2D eigenvalue weighted by atomic mass is 10.1. The molecule has 1 aromatic carbocycles. The first-order valence-corrected chi connectivity index (χ1v) is 8.34. The molecule has 0 spiro atoms. The lowest BCUT2D eigenvalue weighted by Gasteiger charge is -2.07. The first kappa shape index (κ1) is 15.4. The van der Waals surface area contributed by atoms with Crippen LogP contribution in [-0.4, -0.2) is 26.3 Å². The fourth-order valence-corrected chi connectivity index (χ4v) is 3.14. The molecule has 5 nitrogen and oxygen atoms in total. The first-order valence-electron chi connectivity index (χ1n) is 5.35. The number of aromatic amines is 1. The van der Waals surface area contributed by atoms with Crippen LogP contribution < -0.4 is 0 Å². The molecule has 20 heavy (non-hydrogen) atoms. The van der Waals surface area contributed by atoms with Crippen molar-refractivity contribution in [3.8, 4) is 0 Å². The second-order valence-electron chi connectivity index (χ2n) is 3.79. The smallest absolute Gasteiger partial charge is 0.297 e. The molecule has 0 aliphatic heterocycles. The zero-order valence-corrected chi connectivity index (χ0v) is 14.2. The molecule has 1 N–H and O–H groups in total. The van der Waals surface area contributed by atoms with Gasteiger partial charge in [-0.05, 0) is 50.1 Å². The number of aromatic nitrogens is 1. The number of ketones is 1. The van der Waals surface area contributed by atoms with E-state index in [4.69, 9.17) is 0 Å². The van der Waals surface area contributed by atoms with Crippen LogP contribution in [0.3, 0.4) is 0 Å². The van der Waals surface area contributed by atoms with Gasteiger partial charge in [-0.3, -0.25) is 8.98 Å². The van der Waals surface area contributed by atoms with Crippen LogP contribution in [0.4, 0.5) is 0 Å². The Morgan fingerprint density at radius 1 is 1.25 bits per heavy atom. The molecule has 2 aromatic rings. The molecule has 2 rings (SSSR count). The van der Waals surface area contributed by atoms with Gasteiger partial charge in [0, 0.05) is 5.56 Å². The molecule has 106 valence electrons. The number of hydrogen-bond acceptors (Lipinski definition) is 4. The van der Waals surface area contributed by atoms with E-state index in [0.717, 1.165) is 7.11 Å². The first-order chi connectivity index (χ1) is 9.36. The van der Waals surface area contributed by atoms with Crippen molar-refractivity contribution in [2.75, 3.05) is 7.11 Å². The summed E-state index contributed by atoms with van der Waals surface area (Å²) in [6.07, 6.45) is 0. The molecule has 0 saturated heterocycles.